The highest BCUT2D eigenvalue weighted by Crippen LogP contribution is 2.71. The number of benzene rings is 2. The van der Waals surface area contributed by atoms with Crippen LogP contribution in [-0.4, -0.2) is 76.1 Å². The molecule has 5 atom stereocenters. The molecule has 2 aromatic rings. The quantitative estimate of drug-likeness (QED) is 0.220. The van der Waals surface area contributed by atoms with Gasteiger partial charge in [-0.15, -0.1) is 11.8 Å². The minimum absolute atomic E-state index is 0.100. The third-order valence-corrected chi connectivity index (χ3v) is 11.8. The zero-order valence-corrected chi connectivity index (χ0v) is 27.8. The van der Waals surface area contributed by atoms with Crippen LogP contribution in [0.15, 0.2) is 48.5 Å². The number of fused-ring (bicyclic) bond motifs is 1. The van der Waals surface area contributed by atoms with Crippen LogP contribution >= 0.6 is 11.8 Å². The van der Waals surface area contributed by atoms with Gasteiger partial charge in [-0.2, -0.15) is 0 Å². The first-order valence-corrected chi connectivity index (χ1v) is 17.3. The summed E-state index contributed by atoms with van der Waals surface area (Å²) in [5.41, 5.74) is 2.44. The number of anilines is 3. The first-order valence-electron chi connectivity index (χ1n) is 16.5. The molecule has 3 heterocycles. The third kappa shape index (κ3) is 6.41. The van der Waals surface area contributed by atoms with Crippen molar-refractivity contribution < 1.29 is 24.2 Å². The van der Waals surface area contributed by atoms with Gasteiger partial charge in [0.25, 0.3) is 0 Å². The zero-order chi connectivity index (χ0) is 32.2. The van der Waals surface area contributed by atoms with Crippen molar-refractivity contribution in [2.75, 3.05) is 48.4 Å². The number of carbonyl (C=O) groups excluding carboxylic acids is 3. The highest BCUT2D eigenvalue weighted by Gasteiger charge is 2.77. The number of hydrogen-bond acceptors (Lipinski definition) is 7. The summed E-state index contributed by atoms with van der Waals surface area (Å²) in [7, 11) is 0. The molecule has 45 heavy (non-hydrogen) atoms. The van der Waals surface area contributed by atoms with E-state index < -0.39 is 27.4 Å². The van der Waals surface area contributed by atoms with Crippen molar-refractivity contribution in [1.29, 1.82) is 0 Å². The molecule has 244 valence electrons. The van der Waals surface area contributed by atoms with Crippen molar-refractivity contribution in [3.05, 3.63) is 48.5 Å². The molecule has 3 amide bonds. The summed E-state index contributed by atoms with van der Waals surface area (Å²) >= 11 is 1.68. The van der Waals surface area contributed by atoms with Gasteiger partial charge in [0.1, 0.15) is 11.8 Å². The van der Waals surface area contributed by atoms with Gasteiger partial charge in [-0.1, -0.05) is 12.8 Å². The fraction of sp³-hybridized carbons (Fsp3) is 0.571. The monoisotopic (exact) mass is 636 g/mol. The van der Waals surface area contributed by atoms with Crippen LogP contribution in [-0.2, 0) is 14.4 Å². The number of amides is 3. The van der Waals surface area contributed by atoms with Crippen molar-refractivity contribution in [3.63, 3.8) is 0 Å². The predicted octanol–water partition coefficient (Wildman–Crippen LogP) is 5.54. The number of aliphatic hydroxyl groups is 1. The van der Waals surface area contributed by atoms with E-state index in [0.717, 1.165) is 56.6 Å². The minimum atomic E-state index is -0.678. The molecule has 5 rings (SSSR count). The van der Waals surface area contributed by atoms with Gasteiger partial charge in [0.15, 0.2) is 0 Å². The van der Waals surface area contributed by atoms with Crippen LogP contribution in [0.4, 0.5) is 17.1 Å². The Morgan fingerprint density at radius 1 is 0.933 bits per heavy atom. The number of nitrogens with zero attached hydrogens (tertiary/aromatic N) is 2. The van der Waals surface area contributed by atoms with Crippen LogP contribution in [0.5, 0.6) is 5.75 Å². The minimum Gasteiger partial charge on any atom is -0.494 e. The molecule has 3 aliphatic heterocycles. The lowest BCUT2D eigenvalue weighted by Crippen LogP contribution is -2.51. The summed E-state index contributed by atoms with van der Waals surface area (Å²) in [6.45, 7) is 11.2. The molecule has 0 aliphatic carbocycles. The highest BCUT2D eigenvalue weighted by atomic mass is 32.2. The van der Waals surface area contributed by atoms with Gasteiger partial charge in [0, 0.05) is 48.1 Å². The summed E-state index contributed by atoms with van der Waals surface area (Å²) in [5.74, 6) is -0.877. The van der Waals surface area contributed by atoms with Crippen LogP contribution in [0, 0.1) is 11.8 Å². The van der Waals surface area contributed by atoms with Gasteiger partial charge in [-0.05, 0) is 102 Å². The Morgan fingerprint density at radius 3 is 2.18 bits per heavy atom. The van der Waals surface area contributed by atoms with Crippen molar-refractivity contribution in [2.24, 2.45) is 11.8 Å². The Labute approximate surface area is 271 Å². The number of nitrogens with one attached hydrogen (secondary N) is 2. The molecule has 0 radical (unpaired) electrons. The smallest absolute Gasteiger partial charge is 0.248 e. The average Bonchev–Trinajstić information content (AvgIpc) is 3.60. The van der Waals surface area contributed by atoms with Gasteiger partial charge in [-0.25, -0.2) is 0 Å². The topological polar surface area (TPSA) is 111 Å². The number of unbranched alkanes of at least 4 members (excludes halogenated alkanes) is 3. The van der Waals surface area contributed by atoms with Crippen LogP contribution < -0.4 is 20.3 Å². The number of ether oxygens (including phenoxy) is 1. The van der Waals surface area contributed by atoms with Gasteiger partial charge in [0.05, 0.1) is 23.2 Å². The lowest BCUT2D eigenvalue weighted by Gasteiger charge is -2.35. The number of likely N-dealkylation sites (tertiary alicyclic amines) is 1. The molecule has 0 aromatic heterocycles. The molecule has 10 heteroatoms. The average molecular weight is 637 g/mol. The Bertz CT molecular complexity index is 1350. The van der Waals surface area contributed by atoms with Gasteiger partial charge in [0.2, 0.25) is 17.7 Å². The van der Waals surface area contributed by atoms with Gasteiger partial charge < -0.3 is 30.3 Å². The maximum atomic E-state index is 14.4. The summed E-state index contributed by atoms with van der Waals surface area (Å²) < 4.78 is 4.41. The van der Waals surface area contributed by atoms with E-state index in [1.54, 1.807) is 16.7 Å². The number of thioether (sulfide) groups is 1. The van der Waals surface area contributed by atoms with E-state index in [-0.39, 0.29) is 24.3 Å². The summed E-state index contributed by atoms with van der Waals surface area (Å²) in [6, 6.07) is 14.5. The molecule has 2 unspecified atom stereocenters. The second-order valence-electron chi connectivity index (χ2n) is 12.6. The van der Waals surface area contributed by atoms with E-state index in [9.17, 15) is 19.5 Å². The summed E-state index contributed by atoms with van der Waals surface area (Å²) in [6.07, 6.45) is 4.64. The van der Waals surface area contributed by atoms with Gasteiger partial charge in [-0.3, -0.25) is 14.4 Å². The fourth-order valence-electron chi connectivity index (χ4n) is 7.69. The first-order chi connectivity index (χ1) is 21.7. The molecule has 2 aromatic carbocycles. The summed E-state index contributed by atoms with van der Waals surface area (Å²) in [5, 5.41) is 15.4. The molecule has 2 bridgehead atoms. The van der Waals surface area contributed by atoms with Crippen molar-refractivity contribution in [2.45, 2.75) is 81.8 Å². The normalized spacial score (nSPS) is 26.6. The first kappa shape index (κ1) is 33.1. The second kappa shape index (κ2) is 14.0. The van der Waals surface area contributed by atoms with Gasteiger partial charge >= 0.3 is 0 Å². The lowest BCUT2D eigenvalue weighted by molar-refractivity contribution is -0.139. The molecule has 3 fully saturated rings. The second-order valence-corrected chi connectivity index (χ2v) is 14.4. The number of carbonyl (C=O) groups is 3. The molecule has 3 saturated heterocycles. The zero-order valence-electron chi connectivity index (χ0n) is 27.0. The van der Waals surface area contributed by atoms with Crippen LogP contribution in [0.25, 0.3) is 0 Å². The molecular weight excluding hydrogens is 588 g/mol. The predicted molar refractivity (Wildman–Crippen MR) is 181 cm³/mol. The van der Waals surface area contributed by atoms with Crippen molar-refractivity contribution in [3.8, 4) is 5.75 Å². The third-order valence-electron chi connectivity index (χ3n) is 9.81. The Morgan fingerprint density at radius 2 is 1.56 bits per heavy atom. The number of aliphatic hydroxyl groups excluding tert-OH is 1. The largest absolute Gasteiger partial charge is 0.494 e. The Kier molecular flexibility index (Phi) is 10.3. The number of hydrogen-bond donors (Lipinski definition) is 3. The lowest BCUT2D eigenvalue weighted by atomic mass is 9.66. The SMILES string of the molecule is CCOc1ccc(NC(=O)[C@H]2[C@H]3C(=O)N(CCCCCCO)C(C(=O)Nc4ccc(N(CC)CC)cc4)C34CC[C@]2(C)S4)cc1. The molecule has 3 aliphatic rings. The van der Waals surface area contributed by atoms with E-state index in [1.807, 2.05) is 55.5 Å². The maximum Gasteiger partial charge on any atom is 0.248 e. The molecule has 3 N–H and O–H groups in total. The Hall–Kier alpha value is -3.24. The standard InChI is InChI=1S/C35H48N4O5S/c1-5-38(6-2)26-16-12-24(13-17-26)37-32(42)30-35-21-20-34(4,45-35)28(29(35)33(43)39(30)22-10-8-9-11-23-40)31(41)36-25-14-18-27(19-15-25)44-7-3/h12-19,28-30,40H,5-11,20-23H2,1-4H3,(H,36,41)(H,37,42)/t28-,29+,30?,34+,35?/m1/s1. The Balaban J connectivity index is 1.40. The van der Waals surface area contributed by atoms with Crippen LogP contribution in [0.1, 0.15) is 66.2 Å². The molecule has 0 saturated carbocycles. The van der Waals surface area contributed by atoms with E-state index in [0.29, 0.717) is 30.9 Å². The molecule has 1 spiro atoms. The highest BCUT2D eigenvalue weighted by molar-refractivity contribution is 8.02. The van der Waals surface area contributed by atoms with Crippen molar-refractivity contribution >= 4 is 46.5 Å². The van der Waals surface area contributed by atoms with E-state index >= 15 is 0 Å². The summed E-state index contributed by atoms with van der Waals surface area (Å²) in [4.78, 5) is 46.6. The van der Waals surface area contributed by atoms with E-state index in [1.165, 1.54) is 0 Å². The van der Waals surface area contributed by atoms with E-state index in [2.05, 4.69) is 36.3 Å². The van der Waals surface area contributed by atoms with E-state index in [4.69, 9.17) is 4.74 Å². The van der Waals surface area contributed by atoms with Crippen LogP contribution in [0.2, 0.25) is 0 Å². The maximum absolute atomic E-state index is 14.4. The number of rotatable bonds is 15. The fourth-order valence-corrected chi connectivity index (χ4v) is 10.0. The van der Waals surface area contributed by atoms with Crippen LogP contribution in [0.3, 0.4) is 0 Å². The van der Waals surface area contributed by atoms with Crippen molar-refractivity contribution in [1.82, 2.24) is 4.90 Å². The molecule has 9 nitrogen and oxygen atoms in total. The molecular formula is C35H48N4O5S.